The normalized spacial score (nSPS) is 10.6. The maximum atomic E-state index is 6.05. The quantitative estimate of drug-likeness (QED) is 0.689. The molecule has 0 aliphatic carbocycles. The molecule has 0 unspecified atom stereocenters. The molecule has 2 aromatic rings. The predicted molar refractivity (Wildman–Crippen MR) is 54.3 cm³/mol. The molecular formula is C9H9ClN2O. The van der Waals surface area contributed by atoms with Crippen molar-refractivity contribution in [3.63, 3.8) is 0 Å². The summed E-state index contributed by atoms with van der Waals surface area (Å²) in [6, 6.07) is 3.74. The molecule has 3 N–H and O–H groups in total. The summed E-state index contributed by atoms with van der Waals surface area (Å²) in [5.41, 5.74) is 7.14. The van der Waals surface area contributed by atoms with Crippen LogP contribution in [-0.4, -0.2) is 12.1 Å². The molecule has 0 radical (unpaired) electrons. The fourth-order valence-electron chi connectivity index (χ4n) is 1.37. The summed E-state index contributed by atoms with van der Waals surface area (Å²) >= 11 is 6.05. The van der Waals surface area contributed by atoms with Crippen LogP contribution in [0, 0.1) is 0 Å². The highest BCUT2D eigenvalue weighted by atomic mass is 35.5. The van der Waals surface area contributed by atoms with E-state index in [1.807, 2.05) is 18.3 Å². The number of methoxy groups -OCH3 is 1. The Labute approximate surface area is 80.4 Å². The third-order valence-corrected chi connectivity index (χ3v) is 2.34. The number of aromatic amines is 1. The summed E-state index contributed by atoms with van der Waals surface area (Å²) < 4.78 is 5.08. The Morgan fingerprint density at radius 3 is 3.00 bits per heavy atom. The summed E-state index contributed by atoms with van der Waals surface area (Å²) in [7, 11) is 1.55. The van der Waals surface area contributed by atoms with Crippen LogP contribution in [0.4, 0.5) is 5.69 Å². The SMILES string of the molecule is COc1c(N)cc2cc[nH]c2c1Cl. The van der Waals surface area contributed by atoms with Gasteiger partial charge >= 0.3 is 0 Å². The summed E-state index contributed by atoms with van der Waals surface area (Å²) in [5.74, 6) is 0.525. The van der Waals surface area contributed by atoms with E-state index in [9.17, 15) is 0 Å². The number of halogens is 1. The summed E-state index contributed by atoms with van der Waals surface area (Å²) in [6.07, 6.45) is 1.81. The third-order valence-electron chi connectivity index (χ3n) is 1.98. The average Bonchev–Trinajstić information content (AvgIpc) is 2.53. The van der Waals surface area contributed by atoms with Crippen molar-refractivity contribution in [3.8, 4) is 5.75 Å². The van der Waals surface area contributed by atoms with Gasteiger partial charge in [0.05, 0.1) is 18.3 Å². The van der Waals surface area contributed by atoms with Gasteiger partial charge in [-0.1, -0.05) is 11.6 Å². The summed E-state index contributed by atoms with van der Waals surface area (Å²) in [4.78, 5) is 3.02. The molecule has 1 heterocycles. The maximum absolute atomic E-state index is 6.05. The molecule has 2 rings (SSSR count). The molecule has 0 bridgehead atoms. The minimum Gasteiger partial charge on any atom is -0.493 e. The molecule has 0 fully saturated rings. The molecule has 68 valence electrons. The second-order valence-corrected chi connectivity index (χ2v) is 3.13. The van der Waals surface area contributed by atoms with Crippen LogP contribution in [0.25, 0.3) is 10.9 Å². The molecule has 0 aliphatic rings. The lowest BCUT2D eigenvalue weighted by Gasteiger charge is -2.06. The van der Waals surface area contributed by atoms with Gasteiger partial charge < -0.3 is 15.5 Å². The van der Waals surface area contributed by atoms with Crippen LogP contribution in [0.2, 0.25) is 5.02 Å². The zero-order valence-corrected chi connectivity index (χ0v) is 7.85. The average molecular weight is 197 g/mol. The Morgan fingerprint density at radius 2 is 2.31 bits per heavy atom. The van der Waals surface area contributed by atoms with Crippen LogP contribution in [0.15, 0.2) is 18.3 Å². The molecule has 0 aliphatic heterocycles. The van der Waals surface area contributed by atoms with Gasteiger partial charge in [0, 0.05) is 11.6 Å². The van der Waals surface area contributed by atoms with Crippen molar-refractivity contribution in [1.29, 1.82) is 0 Å². The molecular weight excluding hydrogens is 188 g/mol. The molecule has 0 amide bonds. The smallest absolute Gasteiger partial charge is 0.162 e. The minimum absolute atomic E-state index is 0.525. The zero-order chi connectivity index (χ0) is 9.42. The predicted octanol–water partition coefficient (Wildman–Crippen LogP) is 2.41. The van der Waals surface area contributed by atoms with Crippen molar-refractivity contribution >= 4 is 28.2 Å². The van der Waals surface area contributed by atoms with Crippen molar-refractivity contribution in [3.05, 3.63) is 23.4 Å². The lowest BCUT2D eigenvalue weighted by Crippen LogP contribution is -1.93. The first kappa shape index (κ1) is 8.26. The summed E-state index contributed by atoms with van der Waals surface area (Å²) in [6.45, 7) is 0. The monoisotopic (exact) mass is 196 g/mol. The standard InChI is InChI=1S/C9H9ClN2O/c1-13-9-6(11)4-5-2-3-12-8(5)7(9)10/h2-4,12H,11H2,1H3. The number of hydrogen-bond acceptors (Lipinski definition) is 2. The number of rotatable bonds is 1. The number of nitrogens with two attached hydrogens (primary N) is 1. The van der Waals surface area contributed by atoms with Crippen LogP contribution >= 0.6 is 11.6 Å². The lowest BCUT2D eigenvalue weighted by molar-refractivity contribution is 0.418. The van der Waals surface area contributed by atoms with E-state index in [0.717, 1.165) is 10.9 Å². The van der Waals surface area contributed by atoms with E-state index >= 15 is 0 Å². The van der Waals surface area contributed by atoms with E-state index in [1.54, 1.807) is 7.11 Å². The molecule has 4 heteroatoms. The Kier molecular flexibility index (Phi) is 1.81. The molecule has 0 saturated heterocycles. The van der Waals surface area contributed by atoms with Crippen molar-refractivity contribution in [2.75, 3.05) is 12.8 Å². The molecule has 13 heavy (non-hydrogen) atoms. The van der Waals surface area contributed by atoms with Gasteiger partial charge in [0.1, 0.15) is 5.02 Å². The third kappa shape index (κ3) is 1.12. The van der Waals surface area contributed by atoms with Crippen molar-refractivity contribution in [1.82, 2.24) is 4.98 Å². The van der Waals surface area contributed by atoms with Crippen molar-refractivity contribution in [2.24, 2.45) is 0 Å². The highest BCUT2D eigenvalue weighted by Crippen LogP contribution is 2.36. The van der Waals surface area contributed by atoms with Gasteiger partial charge in [-0.05, 0) is 12.1 Å². The number of hydrogen-bond donors (Lipinski definition) is 2. The van der Waals surface area contributed by atoms with E-state index in [4.69, 9.17) is 22.1 Å². The van der Waals surface area contributed by atoms with Crippen molar-refractivity contribution in [2.45, 2.75) is 0 Å². The first-order valence-corrected chi connectivity index (χ1v) is 4.21. The Morgan fingerprint density at radius 1 is 1.54 bits per heavy atom. The Hall–Kier alpha value is -1.35. The van der Waals surface area contributed by atoms with E-state index in [1.165, 1.54) is 0 Å². The number of nitrogens with one attached hydrogen (secondary N) is 1. The molecule has 1 aromatic carbocycles. The molecule has 3 nitrogen and oxygen atoms in total. The van der Waals surface area contributed by atoms with Gasteiger partial charge in [-0.15, -0.1) is 0 Å². The van der Waals surface area contributed by atoms with E-state index < -0.39 is 0 Å². The number of ether oxygens (including phenoxy) is 1. The van der Waals surface area contributed by atoms with Crippen LogP contribution < -0.4 is 10.5 Å². The minimum atomic E-state index is 0.525. The second-order valence-electron chi connectivity index (χ2n) is 2.75. The van der Waals surface area contributed by atoms with Gasteiger partial charge in [0.25, 0.3) is 0 Å². The van der Waals surface area contributed by atoms with E-state index in [0.29, 0.717) is 16.5 Å². The second kappa shape index (κ2) is 2.85. The van der Waals surface area contributed by atoms with Gasteiger partial charge in [-0.3, -0.25) is 0 Å². The number of fused-ring (bicyclic) bond motifs is 1. The molecule has 1 aromatic heterocycles. The van der Waals surface area contributed by atoms with Crippen LogP contribution in [0.3, 0.4) is 0 Å². The number of aromatic nitrogens is 1. The van der Waals surface area contributed by atoms with Crippen molar-refractivity contribution < 1.29 is 4.74 Å². The highest BCUT2D eigenvalue weighted by Gasteiger charge is 2.10. The van der Waals surface area contributed by atoms with Crippen LogP contribution in [0.1, 0.15) is 0 Å². The van der Waals surface area contributed by atoms with Crippen LogP contribution in [-0.2, 0) is 0 Å². The lowest BCUT2D eigenvalue weighted by atomic mass is 10.2. The number of nitrogen functional groups attached to an aromatic ring is 1. The zero-order valence-electron chi connectivity index (χ0n) is 7.10. The van der Waals surface area contributed by atoms with Gasteiger partial charge in [0.15, 0.2) is 5.75 Å². The Bertz CT molecular complexity index is 450. The van der Waals surface area contributed by atoms with E-state index in [-0.39, 0.29) is 0 Å². The number of anilines is 1. The Balaban J connectivity index is 2.85. The fraction of sp³-hybridized carbons (Fsp3) is 0.111. The van der Waals surface area contributed by atoms with Gasteiger partial charge in [0.2, 0.25) is 0 Å². The molecule has 0 spiro atoms. The molecule has 0 atom stereocenters. The van der Waals surface area contributed by atoms with Gasteiger partial charge in [-0.25, -0.2) is 0 Å². The first-order chi connectivity index (χ1) is 6.24. The van der Waals surface area contributed by atoms with Gasteiger partial charge in [-0.2, -0.15) is 0 Å². The number of H-pyrrole nitrogens is 1. The maximum Gasteiger partial charge on any atom is 0.162 e. The fourth-order valence-corrected chi connectivity index (χ4v) is 1.72. The van der Waals surface area contributed by atoms with Crippen LogP contribution in [0.5, 0.6) is 5.75 Å². The largest absolute Gasteiger partial charge is 0.493 e. The highest BCUT2D eigenvalue weighted by molar-refractivity contribution is 6.37. The summed E-state index contributed by atoms with van der Waals surface area (Å²) in [5, 5.41) is 1.52. The topological polar surface area (TPSA) is 51.0 Å². The number of benzene rings is 1. The van der Waals surface area contributed by atoms with E-state index in [2.05, 4.69) is 4.98 Å². The first-order valence-electron chi connectivity index (χ1n) is 3.83. The molecule has 0 saturated carbocycles.